The number of pyridine rings is 1. The van der Waals surface area contributed by atoms with Gasteiger partial charge in [-0.15, -0.1) is 0 Å². The van der Waals surface area contributed by atoms with Gasteiger partial charge in [-0.1, -0.05) is 25.1 Å². The molecule has 2 aromatic carbocycles. The van der Waals surface area contributed by atoms with Gasteiger partial charge in [-0.05, 0) is 23.9 Å². The molecule has 12 heteroatoms. The summed E-state index contributed by atoms with van der Waals surface area (Å²) in [5.74, 6) is -12.3. The van der Waals surface area contributed by atoms with E-state index in [0.717, 1.165) is 4.57 Å². The maximum atomic E-state index is 13.8. The summed E-state index contributed by atoms with van der Waals surface area (Å²) in [5.41, 5.74) is -0.487. The molecule has 36 heavy (non-hydrogen) atoms. The van der Waals surface area contributed by atoms with Crippen LogP contribution in [-0.4, -0.2) is 40.0 Å². The van der Waals surface area contributed by atoms with Crippen molar-refractivity contribution in [2.45, 2.75) is 31.8 Å². The molecule has 1 amide bonds. The third-order valence-corrected chi connectivity index (χ3v) is 5.38. The molecule has 0 spiro atoms. The van der Waals surface area contributed by atoms with E-state index in [2.05, 4.69) is 10.1 Å². The molecule has 0 fully saturated rings. The number of carboxylic acid groups (broad SMARTS) is 1. The third kappa shape index (κ3) is 5.53. The highest BCUT2D eigenvalue weighted by Gasteiger charge is 2.29. The summed E-state index contributed by atoms with van der Waals surface area (Å²) in [6.45, 7) is 0.384. The lowest BCUT2D eigenvalue weighted by Gasteiger charge is -2.22. The summed E-state index contributed by atoms with van der Waals surface area (Å²) in [6.07, 6.45) is 0.548. The number of amides is 1. The van der Waals surface area contributed by atoms with E-state index in [9.17, 15) is 36.7 Å². The first-order valence-corrected chi connectivity index (χ1v) is 10.7. The van der Waals surface area contributed by atoms with E-state index in [4.69, 9.17) is 5.11 Å². The van der Waals surface area contributed by atoms with E-state index >= 15 is 0 Å². The first-order chi connectivity index (χ1) is 17.0. The van der Waals surface area contributed by atoms with Gasteiger partial charge in [0.25, 0.3) is 5.56 Å². The lowest BCUT2D eigenvalue weighted by atomic mass is 10.1. The van der Waals surface area contributed by atoms with E-state index in [1.54, 1.807) is 37.3 Å². The van der Waals surface area contributed by atoms with Crippen molar-refractivity contribution < 1.29 is 41.8 Å². The van der Waals surface area contributed by atoms with Crippen molar-refractivity contribution in [3.63, 3.8) is 0 Å². The van der Waals surface area contributed by atoms with Crippen LogP contribution in [0.4, 0.5) is 17.6 Å². The molecule has 2 unspecified atom stereocenters. The van der Waals surface area contributed by atoms with Gasteiger partial charge < -0.3 is 19.7 Å². The number of rotatable bonds is 10. The van der Waals surface area contributed by atoms with Gasteiger partial charge in [-0.2, -0.15) is 8.78 Å². The minimum atomic E-state index is -1.89. The van der Waals surface area contributed by atoms with E-state index in [-0.39, 0.29) is 12.5 Å². The summed E-state index contributed by atoms with van der Waals surface area (Å²) in [4.78, 5) is 49.7. The smallest absolute Gasteiger partial charge is 0.305 e. The molecule has 0 radical (unpaired) electrons. The molecule has 0 saturated carbocycles. The topological polar surface area (TPSA) is 115 Å². The first-order valence-electron chi connectivity index (χ1n) is 10.7. The second kappa shape index (κ2) is 11.0. The van der Waals surface area contributed by atoms with Gasteiger partial charge in [0.05, 0.1) is 6.42 Å². The number of halogens is 4. The molecule has 0 aliphatic rings. The second-order valence-corrected chi connectivity index (χ2v) is 7.75. The molecule has 8 nitrogen and oxygen atoms in total. The summed E-state index contributed by atoms with van der Waals surface area (Å²) >= 11 is 0. The fraction of sp³-hybridized carbons (Fsp3) is 0.250. The number of benzene rings is 2. The Morgan fingerprint density at radius 2 is 1.69 bits per heavy atom. The molecular formula is C24H20F4N2O6. The Bertz CT molecular complexity index is 1360. The summed E-state index contributed by atoms with van der Waals surface area (Å²) in [5, 5.41) is 12.3. The number of nitrogens with zero attached hydrogens (tertiary/aromatic N) is 1. The van der Waals surface area contributed by atoms with Crippen molar-refractivity contribution >= 4 is 28.4 Å². The molecule has 1 aromatic heterocycles. The third-order valence-electron chi connectivity index (χ3n) is 5.38. The van der Waals surface area contributed by atoms with E-state index < -0.39 is 77.3 Å². The maximum absolute atomic E-state index is 13.8. The lowest BCUT2D eigenvalue weighted by Crippen LogP contribution is -2.47. The Labute approximate surface area is 201 Å². The highest BCUT2D eigenvalue weighted by atomic mass is 19.2. The number of nitrogens with one attached hydrogen (secondary N) is 1. The summed E-state index contributed by atoms with van der Waals surface area (Å²) < 4.78 is 60.0. The Morgan fingerprint density at radius 3 is 2.31 bits per heavy atom. The average molecular weight is 508 g/mol. The molecule has 3 aromatic rings. The van der Waals surface area contributed by atoms with Crippen LogP contribution in [0.1, 0.15) is 25.8 Å². The lowest BCUT2D eigenvalue weighted by molar-refractivity contribution is -0.140. The predicted molar refractivity (Wildman–Crippen MR) is 118 cm³/mol. The quantitative estimate of drug-likeness (QED) is 0.321. The number of aliphatic carboxylic acids is 1. The number of carbonyl (C=O) groups is 3. The van der Waals surface area contributed by atoms with Crippen molar-refractivity contribution in [1.82, 2.24) is 9.88 Å². The van der Waals surface area contributed by atoms with Crippen LogP contribution in [0.3, 0.4) is 0 Å². The van der Waals surface area contributed by atoms with Crippen molar-refractivity contribution in [2.24, 2.45) is 0 Å². The minimum absolute atomic E-state index is 0.0492. The van der Waals surface area contributed by atoms with Gasteiger partial charge in [0.1, 0.15) is 18.7 Å². The number of carbonyl (C=O) groups excluding carboxylic acids is 2. The number of Topliss-reactive ketones (excluding diaryl/α,β-unsaturated/α-hetero) is 1. The van der Waals surface area contributed by atoms with Crippen LogP contribution >= 0.6 is 0 Å². The molecule has 0 aliphatic carbocycles. The molecule has 1 heterocycles. The fourth-order valence-corrected chi connectivity index (χ4v) is 3.57. The zero-order chi connectivity index (χ0) is 26.6. The van der Waals surface area contributed by atoms with Gasteiger partial charge in [-0.3, -0.25) is 19.2 Å². The highest BCUT2D eigenvalue weighted by Crippen LogP contribution is 2.26. The zero-order valence-electron chi connectivity index (χ0n) is 18.8. The normalized spacial score (nSPS) is 12.7. The van der Waals surface area contributed by atoms with E-state index in [1.807, 2.05) is 0 Å². The number of ether oxygens (including phenoxy) is 1. The van der Waals surface area contributed by atoms with Crippen LogP contribution in [0.2, 0.25) is 0 Å². The predicted octanol–water partition coefficient (Wildman–Crippen LogP) is 3.12. The first kappa shape index (κ1) is 26.4. The summed E-state index contributed by atoms with van der Waals surface area (Å²) in [7, 11) is 0. The van der Waals surface area contributed by atoms with Crippen molar-refractivity contribution in [3.05, 3.63) is 76.2 Å². The minimum Gasteiger partial charge on any atom is -0.481 e. The van der Waals surface area contributed by atoms with Crippen LogP contribution in [0.15, 0.2) is 47.4 Å². The highest BCUT2D eigenvalue weighted by molar-refractivity contribution is 5.93. The van der Waals surface area contributed by atoms with Crippen LogP contribution in [0.5, 0.6) is 5.75 Å². The van der Waals surface area contributed by atoms with E-state index in [0.29, 0.717) is 10.8 Å². The monoisotopic (exact) mass is 508 g/mol. The van der Waals surface area contributed by atoms with Crippen molar-refractivity contribution in [3.8, 4) is 5.75 Å². The number of fused-ring (bicyclic) bond motifs is 1. The van der Waals surface area contributed by atoms with Crippen molar-refractivity contribution in [2.75, 3.05) is 6.61 Å². The maximum Gasteiger partial charge on any atom is 0.305 e. The molecule has 0 saturated heterocycles. The molecule has 3 rings (SSSR count). The van der Waals surface area contributed by atoms with Gasteiger partial charge in [0.2, 0.25) is 17.5 Å². The van der Waals surface area contributed by atoms with Crippen molar-refractivity contribution in [1.29, 1.82) is 0 Å². The number of hydrogen-bond donors (Lipinski definition) is 2. The van der Waals surface area contributed by atoms with Gasteiger partial charge in [-0.25, -0.2) is 8.78 Å². The number of carboxylic acids is 1. The summed E-state index contributed by atoms with van der Waals surface area (Å²) in [6, 6.07) is 5.36. The standard InChI is InChI=1S/C24H20F4N2O6/c1-2-17(30-8-7-12-5-3-4-6-13(12)24(30)35)23(34)29-16(10-19(32)33)18(31)11-36-22-20(27)14(25)9-15(26)21(22)28/h3-9,16-17H,2,10-11H2,1H3,(H,29,34)(H,32,33). The molecule has 0 aliphatic heterocycles. The number of ketones is 1. The molecular weight excluding hydrogens is 488 g/mol. The van der Waals surface area contributed by atoms with Gasteiger partial charge in [0, 0.05) is 17.6 Å². The van der Waals surface area contributed by atoms with Crippen LogP contribution in [0, 0.1) is 23.3 Å². The number of aromatic nitrogens is 1. The van der Waals surface area contributed by atoms with E-state index in [1.165, 1.54) is 6.20 Å². The Kier molecular flexibility index (Phi) is 8.07. The fourth-order valence-electron chi connectivity index (χ4n) is 3.57. The Balaban J connectivity index is 1.82. The second-order valence-electron chi connectivity index (χ2n) is 7.75. The SMILES string of the molecule is CCC(C(=O)NC(CC(=O)O)C(=O)COc1c(F)c(F)cc(F)c1F)n1ccc2ccccc2c1=O. The Hall–Kier alpha value is -4.22. The van der Waals surface area contributed by atoms with Gasteiger partial charge in [0.15, 0.2) is 23.2 Å². The van der Waals surface area contributed by atoms with Crippen LogP contribution in [0.25, 0.3) is 10.8 Å². The molecule has 2 atom stereocenters. The van der Waals surface area contributed by atoms with Gasteiger partial charge >= 0.3 is 5.97 Å². The Morgan fingerprint density at radius 1 is 1.06 bits per heavy atom. The largest absolute Gasteiger partial charge is 0.481 e. The number of hydrogen-bond acceptors (Lipinski definition) is 5. The molecule has 0 bridgehead atoms. The molecule has 190 valence electrons. The van der Waals surface area contributed by atoms with Crippen LogP contribution in [-0.2, 0) is 14.4 Å². The zero-order valence-corrected chi connectivity index (χ0v) is 18.8. The van der Waals surface area contributed by atoms with Crippen LogP contribution < -0.4 is 15.6 Å². The molecule has 2 N–H and O–H groups in total. The average Bonchev–Trinajstić information content (AvgIpc) is 2.84.